The molecule has 0 atom stereocenters. The van der Waals surface area contributed by atoms with E-state index >= 15 is 0 Å². The maximum atomic E-state index is 11.9. The largest absolute Gasteiger partial charge is 0.325 e. The van der Waals surface area contributed by atoms with Crippen LogP contribution in [0, 0.1) is 13.8 Å². The molecule has 0 radical (unpaired) electrons. The summed E-state index contributed by atoms with van der Waals surface area (Å²) in [6, 6.07) is 11.9. The van der Waals surface area contributed by atoms with Crippen LogP contribution in [0.4, 0.5) is 5.69 Å². The van der Waals surface area contributed by atoms with E-state index in [9.17, 15) is 4.79 Å². The first-order valence-electron chi connectivity index (χ1n) is 7.57. The van der Waals surface area contributed by atoms with Crippen LogP contribution in [-0.4, -0.2) is 31.6 Å². The summed E-state index contributed by atoms with van der Waals surface area (Å²) in [5.41, 5.74) is 5.02. The molecule has 2 heterocycles. The van der Waals surface area contributed by atoms with E-state index in [0.717, 1.165) is 33.4 Å². The molecule has 124 valence electrons. The number of carbonyl (C=O) groups excluding carboxylic acids is 1. The van der Waals surface area contributed by atoms with Crippen LogP contribution in [0.1, 0.15) is 11.4 Å². The Morgan fingerprint density at radius 1 is 1.17 bits per heavy atom. The second-order valence-electron chi connectivity index (χ2n) is 5.59. The number of H-pyrrole nitrogens is 1. The summed E-state index contributed by atoms with van der Waals surface area (Å²) in [6.07, 6.45) is 0. The minimum Gasteiger partial charge on any atom is -0.325 e. The van der Waals surface area contributed by atoms with Gasteiger partial charge in [0.2, 0.25) is 11.1 Å². The Labute approximate surface area is 144 Å². The quantitative estimate of drug-likeness (QED) is 0.699. The van der Waals surface area contributed by atoms with Gasteiger partial charge in [-0.05, 0) is 49.2 Å². The Hall–Kier alpha value is -2.54. The third-order valence-electron chi connectivity index (χ3n) is 3.42. The van der Waals surface area contributed by atoms with Crippen molar-refractivity contribution in [2.75, 3.05) is 11.1 Å². The fourth-order valence-corrected chi connectivity index (χ4v) is 3.13. The molecule has 0 saturated heterocycles. The van der Waals surface area contributed by atoms with Crippen LogP contribution in [0.3, 0.4) is 0 Å². The molecule has 1 aromatic carbocycles. The van der Waals surface area contributed by atoms with E-state index in [1.54, 1.807) is 11.8 Å². The van der Waals surface area contributed by atoms with E-state index in [1.807, 2.05) is 38.1 Å². The normalized spacial score (nSPS) is 10.8. The molecule has 0 bridgehead atoms. The molecule has 0 saturated carbocycles. The molecule has 2 N–H and O–H groups in total. The third kappa shape index (κ3) is 4.05. The van der Waals surface area contributed by atoms with Gasteiger partial charge in [-0.3, -0.25) is 14.9 Å². The molecule has 0 unspecified atom stereocenters. The molecule has 3 aromatic rings. The first-order chi connectivity index (χ1) is 11.5. The molecule has 2 aromatic heterocycles. The molecule has 0 aliphatic carbocycles. The van der Waals surface area contributed by atoms with Crippen LogP contribution in [0.5, 0.6) is 0 Å². The highest BCUT2D eigenvalue weighted by Crippen LogP contribution is 2.23. The smallest absolute Gasteiger partial charge is 0.234 e. The number of aromatic amines is 1. The first-order valence-corrected chi connectivity index (χ1v) is 8.55. The molecule has 6 nitrogen and oxygen atoms in total. The second kappa shape index (κ2) is 6.92. The Morgan fingerprint density at radius 3 is 2.38 bits per heavy atom. The predicted octanol–water partition coefficient (Wildman–Crippen LogP) is 3.16. The van der Waals surface area contributed by atoms with Crippen molar-refractivity contribution >= 4 is 23.4 Å². The van der Waals surface area contributed by atoms with Crippen LogP contribution in [-0.2, 0) is 11.8 Å². The average molecular weight is 341 g/mol. The van der Waals surface area contributed by atoms with Crippen LogP contribution < -0.4 is 5.32 Å². The van der Waals surface area contributed by atoms with Crippen molar-refractivity contribution in [2.24, 2.45) is 7.05 Å². The lowest BCUT2D eigenvalue weighted by Gasteiger charge is -2.09. The number of aromatic nitrogens is 4. The van der Waals surface area contributed by atoms with Gasteiger partial charge < -0.3 is 5.32 Å². The Morgan fingerprint density at radius 2 is 1.79 bits per heavy atom. The fourth-order valence-electron chi connectivity index (χ4n) is 2.42. The summed E-state index contributed by atoms with van der Waals surface area (Å²) in [5, 5.41) is 10.7. The Balaban J connectivity index is 1.61. The average Bonchev–Trinajstić information content (AvgIpc) is 2.50. The SMILES string of the molecule is Cc1cc(-c2ccc(NC(=O)CSc3nn(C)[nH]3)cc2)cc(C)n1. The zero-order valence-electron chi connectivity index (χ0n) is 13.8. The zero-order chi connectivity index (χ0) is 17.1. The van der Waals surface area contributed by atoms with Gasteiger partial charge in [-0.25, -0.2) is 4.80 Å². The van der Waals surface area contributed by atoms with Crippen molar-refractivity contribution in [3.8, 4) is 11.1 Å². The highest BCUT2D eigenvalue weighted by Gasteiger charge is 2.08. The summed E-state index contributed by atoms with van der Waals surface area (Å²) < 4.78 is 0. The van der Waals surface area contributed by atoms with Gasteiger partial charge in [0.05, 0.1) is 5.75 Å². The molecule has 3 rings (SSSR count). The molecule has 24 heavy (non-hydrogen) atoms. The lowest BCUT2D eigenvalue weighted by atomic mass is 10.0. The molecule has 0 aliphatic heterocycles. The molecule has 0 aliphatic rings. The van der Waals surface area contributed by atoms with Crippen LogP contribution in [0.2, 0.25) is 0 Å². The fraction of sp³-hybridized carbons (Fsp3) is 0.235. The van der Waals surface area contributed by atoms with Gasteiger partial charge in [0.25, 0.3) is 0 Å². The third-order valence-corrected chi connectivity index (χ3v) is 4.27. The number of nitrogens with zero attached hydrogens (tertiary/aromatic N) is 3. The predicted molar refractivity (Wildman–Crippen MR) is 96.1 cm³/mol. The monoisotopic (exact) mass is 341 g/mol. The van der Waals surface area contributed by atoms with E-state index < -0.39 is 0 Å². The lowest BCUT2D eigenvalue weighted by Crippen LogP contribution is -2.17. The van der Waals surface area contributed by atoms with E-state index in [-0.39, 0.29) is 5.91 Å². The lowest BCUT2D eigenvalue weighted by molar-refractivity contribution is -0.113. The number of anilines is 1. The molecule has 7 heteroatoms. The number of hydrogen-bond donors (Lipinski definition) is 2. The number of nitrogens with one attached hydrogen (secondary N) is 2. The summed E-state index contributed by atoms with van der Waals surface area (Å²) in [7, 11) is 1.80. The van der Waals surface area contributed by atoms with Gasteiger partial charge in [0, 0.05) is 24.1 Å². The summed E-state index contributed by atoms with van der Waals surface area (Å²) in [5.74, 6) is 0.270. The number of pyridine rings is 1. The number of thioether (sulfide) groups is 1. The number of rotatable bonds is 5. The van der Waals surface area contributed by atoms with E-state index in [1.165, 1.54) is 11.8 Å². The molecule has 0 fully saturated rings. The van der Waals surface area contributed by atoms with Crippen molar-refractivity contribution in [3.05, 3.63) is 47.8 Å². The Kier molecular flexibility index (Phi) is 4.71. The summed E-state index contributed by atoms with van der Waals surface area (Å²) in [4.78, 5) is 17.9. The topological polar surface area (TPSA) is 75.6 Å². The molecule has 1 amide bonds. The highest BCUT2D eigenvalue weighted by atomic mass is 32.2. The standard InChI is InChI=1S/C17H19N5OS/c1-11-8-14(9-12(2)18-11)13-4-6-15(7-5-13)19-16(23)10-24-17-20-22(3)21-17/h4-9H,10H2,1-3H3,(H,19,23)(H,20,21). The van der Waals surface area contributed by atoms with E-state index in [4.69, 9.17) is 0 Å². The number of benzene rings is 1. The van der Waals surface area contributed by atoms with E-state index in [2.05, 4.69) is 32.6 Å². The van der Waals surface area contributed by atoms with Crippen molar-refractivity contribution in [1.29, 1.82) is 0 Å². The maximum Gasteiger partial charge on any atom is 0.234 e. The van der Waals surface area contributed by atoms with Gasteiger partial charge in [-0.2, -0.15) is 0 Å². The summed E-state index contributed by atoms with van der Waals surface area (Å²) in [6.45, 7) is 3.98. The number of carbonyl (C=O) groups is 1. The van der Waals surface area contributed by atoms with Crippen molar-refractivity contribution in [2.45, 2.75) is 19.0 Å². The minimum absolute atomic E-state index is 0.0533. The van der Waals surface area contributed by atoms with Crippen LogP contribution >= 0.6 is 11.8 Å². The Bertz CT molecular complexity index is 818. The zero-order valence-corrected chi connectivity index (χ0v) is 14.6. The number of aryl methyl sites for hydroxylation is 3. The van der Waals surface area contributed by atoms with Gasteiger partial charge in [0.1, 0.15) is 0 Å². The summed E-state index contributed by atoms with van der Waals surface area (Å²) >= 11 is 1.38. The van der Waals surface area contributed by atoms with Crippen molar-refractivity contribution in [1.82, 2.24) is 20.0 Å². The number of amides is 1. The van der Waals surface area contributed by atoms with Gasteiger partial charge in [0.15, 0.2) is 0 Å². The van der Waals surface area contributed by atoms with Crippen molar-refractivity contribution < 1.29 is 4.79 Å². The van der Waals surface area contributed by atoms with Gasteiger partial charge >= 0.3 is 0 Å². The van der Waals surface area contributed by atoms with Gasteiger partial charge in [-0.1, -0.05) is 23.9 Å². The minimum atomic E-state index is -0.0533. The molecular formula is C17H19N5OS. The first kappa shape index (κ1) is 16.3. The van der Waals surface area contributed by atoms with Crippen molar-refractivity contribution in [3.63, 3.8) is 0 Å². The van der Waals surface area contributed by atoms with Crippen LogP contribution in [0.15, 0.2) is 41.6 Å². The van der Waals surface area contributed by atoms with Gasteiger partial charge in [-0.15, -0.1) is 5.10 Å². The number of hydrogen-bond acceptors (Lipinski definition) is 4. The van der Waals surface area contributed by atoms with Crippen LogP contribution in [0.25, 0.3) is 11.1 Å². The maximum absolute atomic E-state index is 11.9. The highest BCUT2D eigenvalue weighted by molar-refractivity contribution is 7.99. The molecular weight excluding hydrogens is 322 g/mol. The second-order valence-corrected chi connectivity index (χ2v) is 6.56. The molecule has 0 spiro atoms. The van der Waals surface area contributed by atoms with E-state index in [0.29, 0.717) is 5.75 Å².